The molecule has 0 spiro atoms. The van der Waals surface area contributed by atoms with Gasteiger partial charge in [-0.25, -0.2) is 0 Å². The van der Waals surface area contributed by atoms with Gasteiger partial charge in [-0.3, -0.25) is 0 Å². The lowest BCUT2D eigenvalue weighted by Crippen LogP contribution is -2.23. The molecule has 1 atom stereocenters. The molecule has 2 nitrogen and oxygen atoms in total. The molecule has 0 saturated heterocycles. The van der Waals surface area contributed by atoms with Gasteiger partial charge in [0, 0.05) is 10.4 Å². The number of rotatable bonds is 4. The van der Waals surface area contributed by atoms with Gasteiger partial charge in [0.25, 0.3) is 0 Å². The van der Waals surface area contributed by atoms with Gasteiger partial charge in [0.1, 0.15) is 10.7 Å². The first-order valence-electron chi connectivity index (χ1n) is 6.45. The largest absolute Gasteiger partial charge is 0.492 e. The van der Waals surface area contributed by atoms with E-state index in [4.69, 9.17) is 22.7 Å². The fraction of sp³-hybridized carbons (Fsp3) is 0.188. The van der Waals surface area contributed by atoms with Crippen LogP contribution in [0.5, 0.6) is 5.75 Å². The van der Waals surface area contributed by atoms with Crippen LogP contribution >= 0.6 is 28.1 Å². The summed E-state index contributed by atoms with van der Waals surface area (Å²) in [5.74, 6) is 1.22. The first kappa shape index (κ1) is 13.6. The lowest BCUT2D eigenvalue weighted by molar-refractivity contribution is 0.275. The van der Waals surface area contributed by atoms with Crippen LogP contribution in [0, 0.1) is 0 Å². The Bertz CT molecular complexity index is 671. The second kappa shape index (κ2) is 5.54. The molecule has 102 valence electrons. The fourth-order valence-electron chi connectivity index (χ4n) is 2.52. The highest BCUT2D eigenvalue weighted by Gasteiger charge is 2.26. The lowest BCUT2D eigenvalue weighted by Gasteiger charge is -2.30. The van der Waals surface area contributed by atoms with E-state index < -0.39 is 0 Å². The van der Waals surface area contributed by atoms with Crippen molar-refractivity contribution in [2.45, 2.75) is 12.3 Å². The van der Waals surface area contributed by atoms with E-state index in [2.05, 4.69) is 40.2 Å². The van der Waals surface area contributed by atoms with Gasteiger partial charge in [0.15, 0.2) is 0 Å². The second-order valence-electron chi connectivity index (χ2n) is 4.92. The minimum Gasteiger partial charge on any atom is -0.492 e. The highest BCUT2D eigenvalue weighted by molar-refractivity contribution is 9.10. The van der Waals surface area contributed by atoms with Crippen LogP contribution in [-0.2, 0) is 6.42 Å². The van der Waals surface area contributed by atoms with E-state index in [1.807, 2.05) is 18.2 Å². The van der Waals surface area contributed by atoms with Crippen molar-refractivity contribution < 1.29 is 4.74 Å². The summed E-state index contributed by atoms with van der Waals surface area (Å²) in [6.07, 6.45) is 1.08. The summed E-state index contributed by atoms with van der Waals surface area (Å²) in [5.41, 5.74) is 9.34. The molecule has 0 aliphatic heterocycles. The number of nitrogens with two attached hydrogens (primary N) is 1. The molecule has 4 heteroatoms. The third-order valence-corrected chi connectivity index (χ3v) is 4.32. The summed E-state index contributed by atoms with van der Waals surface area (Å²) < 4.78 is 6.87. The standard InChI is InChI=1S/C16H14BrNOS/c17-12-5-6-15(14(8-12)16(18)20)19-9-11-7-10-3-1-2-4-13(10)11/h1-6,8,11H,7,9H2,(H2,18,20). The molecule has 0 heterocycles. The van der Waals surface area contributed by atoms with Crippen molar-refractivity contribution in [3.63, 3.8) is 0 Å². The van der Waals surface area contributed by atoms with Crippen LogP contribution in [0.4, 0.5) is 0 Å². The van der Waals surface area contributed by atoms with Crippen LogP contribution in [0.25, 0.3) is 0 Å². The van der Waals surface area contributed by atoms with Gasteiger partial charge in [-0.05, 0) is 35.7 Å². The maximum absolute atomic E-state index is 5.93. The number of ether oxygens (including phenoxy) is 1. The third kappa shape index (κ3) is 2.58. The normalized spacial score (nSPS) is 16.1. The Morgan fingerprint density at radius 2 is 2.10 bits per heavy atom. The molecule has 0 aromatic heterocycles. The molecule has 2 aromatic carbocycles. The number of benzene rings is 2. The van der Waals surface area contributed by atoms with Gasteiger partial charge < -0.3 is 10.5 Å². The molecule has 0 saturated carbocycles. The zero-order valence-corrected chi connectivity index (χ0v) is 13.2. The third-order valence-electron chi connectivity index (χ3n) is 3.61. The lowest BCUT2D eigenvalue weighted by atomic mass is 9.78. The van der Waals surface area contributed by atoms with E-state index in [9.17, 15) is 0 Å². The smallest absolute Gasteiger partial charge is 0.129 e. The average molecular weight is 348 g/mol. The maximum atomic E-state index is 5.93. The molecule has 0 radical (unpaired) electrons. The van der Waals surface area contributed by atoms with E-state index in [1.54, 1.807) is 0 Å². The minimum atomic E-state index is 0.357. The van der Waals surface area contributed by atoms with Gasteiger partial charge in [-0.1, -0.05) is 52.4 Å². The predicted octanol–water partition coefficient (Wildman–Crippen LogP) is 3.80. The maximum Gasteiger partial charge on any atom is 0.129 e. The van der Waals surface area contributed by atoms with Gasteiger partial charge in [-0.15, -0.1) is 0 Å². The number of halogens is 1. The fourth-order valence-corrected chi connectivity index (χ4v) is 3.04. The van der Waals surface area contributed by atoms with Gasteiger partial charge in [-0.2, -0.15) is 0 Å². The molecular formula is C16H14BrNOS. The number of thiocarbonyl (C=S) groups is 1. The molecule has 1 aliphatic carbocycles. The summed E-state index contributed by atoms with van der Waals surface area (Å²) >= 11 is 8.49. The zero-order chi connectivity index (χ0) is 14.1. The molecule has 1 aliphatic rings. The molecule has 2 aromatic rings. The summed E-state index contributed by atoms with van der Waals surface area (Å²) in [5, 5.41) is 0. The van der Waals surface area contributed by atoms with E-state index in [-0.39, 0.29) is 0 Å². The van der Waals surface area contributed by atoms with E-state index in [0.29, 0.717) is 17.5 Å². The Labute approximate surface area is 132 Å². The van der Waals surface area contributed by atoms with Crippen LogP contribution in [0.1, 0.15) is 22.6 Å². The molecule has 0 fully saturated rings. The van der Waals surface area contributed by atoms with Gasteiger partial charge >= 0.3 is 0 Å². The quantitative estimate of drug-likeness (QED) is 0.854. The Morgan fingerprint density at radius 1 is 1.30 bits per heavy atom. The molecule has 1 unspecified atom stereocenters. The SMILES string of the molecule is NC(=S)c1cc(Br)ccc1OCC1Cc2ccccc21. The molecule has 0 bridgehead atoms. The molecule has 20 heavy (non-hydrogen) atoms. The van der Waals surface area contributed by atoms with Crippen LogP contribution in [0.2, 0.25) is 0 Å². The van der Waals surface area contributed by atoms with Crippen molar-refractivity contribution in [1.29, 1.82) is 0 Å². The van der Waals surface area contributed by atoms with E-state index in [0.717, 1.165) is 22.2 Å². The van der Waals surface area contributed by atoms with Crippen LogP contribution in [-0.4, -0.2) is 11.6 Å². The van der Waals surface area contributed by atoms with E-state index >= 15 is 0 Å². The first-order valence-corrected chi connectivity index (χ1v) is 7.65. The summed E-state index contributed by atoms with van der Waals surface area (Å²) in [4.78, 5) is 0.357. The Kier molecular flexibility index (Phi) is 3.76. The minimum absolute atomic E-state index is 0.357. The summed E-state index contributed by atoms with van der Waals surface area (Å²) in [6.45, 7) is 0.661. The van der Waals surface area contributed by atoms with Crippen LogP contribution in [0.15, 0.2) is 46.9 Å². The Balaban J connectivity index is 1.73. The number of hydrogen-bond acceptors (Lipinski definition) is 2. The van der Waals surface area contributed by atoms with Crippen molar-refractivity contribution in [3.05, 3.63) is 63.6 Å². The van der Waals surface area contributed by atoms with Gasteiger partial charge in [0.2, 0.25) is 0 Å². The van der Waals surface area contributed by atoms with Crippen molar-refractivity contribution in [1.82, 2.24) is 0 Å². The molecule has 3 rings (SSSR count). The topological polar surface area (TPSA) is 35.2 Å². The van der Waals surface area contributed by atoms with Crippen LogP contribution in [0.3, 0.4) is 0 Å². The monoisotopic (exact) mass is 347 g/mol. The summed E-state index contributed by atoms with van der Waals surface area (Å²) in [7, 11) is 0. The molecular weight excluding hydrogens is 334 g/mol. The summed E-state index contributed by atoms with van der Waals surface area (Å²) in [6, 6.07) is 14.2. The van der Waals surface area contributed by atoms with Gasteiger partial charge in [0.05, 0.1) is 12.2 Å². The predicted molar refractivity (Wildman–Crippen MR) is 88.4 cm³/mol. The first-order chi connectivity index (χ1) is 9.65. The van der Waals surface area contributed by atoms with Crippen LogP contribution < -0.4 is 10.5 Å². The zero-order valence-electron chi connectivity index (χ0n) is 10.8. The van der Waals surface area contributed by atoms with E-state index in [1.165, 1.54) is 11.1 Å². The number of hydrogen-bond donors (Lipinski definition) is 1. The average Bonchev–Trinajstić information content (AvgIpc) is 2.41. The second-order valence-corrected chi connectivity index (χ2v) is 6.27. The Hall–Kier alpha value is -1.39. The van der Waals surface area contributed by atoms with Crippen molar-refractivity contribution in [2.75, 3.05) is 6.61 Å². The molecule has 0 amide bonds. The van der Waals surface area contributed by atoms with Crippen molar-refractivity contribution in [3.8, 4) is 5.75 Å². The Morgan fingerprint density at radius 3 is 2.85 bits per heavy atom. The molecule has 2 N–H and O–H groups in total. The number of fused-ring (bicyclic) bond motifs is 1. The highest BCUT2D eigenvalue weighted by Crippen LogP contribution is 2.35. The van der Waals surface area contributed by atoms with Crippen molar-refractivity contribution in [2.24, 2.45) is 5.73 Å². The van der Waals surface area contributed by atoms with Crippen molar-refractivity contribution >= 4 is 33.1 Å². The highest BCUT2D eigenvalue weighted by atomic mass is 79.9.